The Morgan fingerprint density at radius 3 is 2.03 bits per heavy atom. The summed E-state index contributed by atoms with van der Waals surface area (Å²) in [5.74, 6) is 0.120. The smallest absolute Gasteiger partial charge is 0.408 e. The standard InChI is InChI=1S/C28H46N2O7/c1-11-18-28(8,35-10)24(29-25(32)37-27(5,6)7)22(16-17-23(31)36-26(2,3)4)30(33)19-20-12-14-21(34-9)15-13-20/h12-17,22,24,33H,11,18-19H2,1-10H3,(H,29,32)/b17-16-/t22-,24-,28+/m1/s1. The molecule has 3 atom stereocenters. The number of carbonyl (C=O) groups excluding carboxylic acids is 2. The molecule has 0 radical (unpaired) electrons. The van der Waals surface area contributed by atoms with Gasteiger partial charge in [-0.25, -0.2) is 9.59 Å². The summed E-state index contributed by atoms with van der Waals surface area (Å²) in [5.41, 5.74) is -1.52. The van der Waals surface area contributed by atoms with Gasteiger partial charge in [0.25, 0.3) is 0 Å². The van der Waals surface area contributed by atoms with E-state index in [4.69, 9.17) is 18.9 Å². The van der Waals surface area contributed by atoms with E-state index in [2.05, 4.69) is 5.32 Å². The number of benzene rings is 1. The minimum absolute atomic E-state index is 0.103. The Bertz CT molecular complexity index is 887. The first-order valence-electron chi connectivity index (χ1n) is 12.6. The summed E-state index contributed by atoms with van der Waals surface area (Å²) < 4.78 is 22.0. The number of methoxy groups -OCH3 is 2. The summed E-state index contributed by atoms with van der Waals surface area (Å²) in [6, 6.07) is 5.57. The lowest BCUT2D eigenvalue weighted by Crippen LogP contribution is -2.62. The highest BCUT2D eigenvalue weighted by atomic mass is 16.6. The Kier molecular flexibility index (Phi) is 12.1. The Morgan fingerprint density at radius 2 is 1.57 bits per heavy atom. The number of amides is 1. The maximum absolute atomic E-state index is 12.9. The van der Waals surface area contributed by atoms with Gasteiger partial charge in [0.1, 0.15) is 17.0 Å². The third kappa shape index (κ3) is 11.5. The van der Waals surface area contributed by atoms with Gasteiger partial charge in [-0.05, 0) is 72.6 Å². The zero-order valence-electron chi connectivity index (χ0n) is 24.1. The van der Waals surface area contributed by atoms with Crippen LogP contribution in [0.4, 0.5) is 4.79 Å². The van der Waals surface area contributed by atoms with E-state index < -0.39 is 40.9 Å². The second kappa shape index (κ2) is 13.8. The Hall–Kier alpha value is -2.62. The van der Waals surface area contributed by atoms with Crippen LogP contribution in [0, 0.1) is 0 Å². The van der Waals surface area contributed by atoms with Crippen LogP contribution < -0.4 is 10.1 Å². The molecule has 0 fully saturated rings. The van der Waals surface area contributed by atoms with Gasteiger partial charge in [0.05, 0.1) is 24.8 Å². The van der Waals surface area contributed by atoms with E-state index in [0.717, 1.165) is 17.0 Å². The summed E-state index contributed by atoms with van der Waals surface area (Å²) >= 11 is 0. The molecule has 37 heavy (non-hydrogen) atoms. The van der Waals surface area contributed by atoms with Crippen LogP contribution >= 0.6 is 0 Å². The molecule has 0 saturated heterocycles. The van der Waals surface area contributed by atoms with Crippen molar-refractivity contribution in [1.29, 1.82) is 0 Å². The lowest BCUT2D eigenvalue weighted by Gasteiger charge is -2.42. The Labute approximate surface area is 222 Å². The topological polar surface area (TPSA) is 107 Å². The lowest BCUT2D eigenvalue weighted by atomic mass is 9.85. The average molecular weight is 523 g/mol. The highest BCUT2D eigenvalue weighted by molar-refractivity contribution is 5.82. The summed E-state index contributed by atoms with van der Waals surface area (Å²) in [6.45, 7) is 14.6. The number of ether oxygens (including phenoxy) is 4. The van der Waals surface area contributed by atoms with Crippen molar-refractivity contribution in [2.24, 2.45) is 0 Å². The molecule has 0 heterocycles. The average Bonchev–Trinajstić information content (AvgIpc) is 2.76. The normalized spacial score (nSPS) is 15.7. The van der Waals surface area contributed by atoms with Gasteiger partial charge in [0.15, 0.2) is 0 Å². The van der Waals surface area contributed by atoms with Crippen LogP contribution in [0.2, 0.25) is 0 Å². The van der Waals surface area contributed by atoms with Gasteiger partial charge >= 0.3 is 12.1 Å². The third-order valence-electron chi connectivity index (χ3n) is 5.57. The van der Waals surface area contributed by atoms with E-state index in [9.17, 15) is 14.8 Å². The van der Waals surface area contributed by atoms with Gasteiger partial charge in [-0.2, -0.15) is 5.06 Å². The number of carbonyl (C=O) groups is 2. The first kappa shape index (κ1) is 32.4. The van der Waals surface area contributed by atoms with E-state index >= 15 is 0 Å². The van der Waals surface area contributed by atoms with Crippen LogP contribution in [0.1, 0.15) is 73.8 Å². The minimum atomic E-state index is -0.907. The van der Waals surface area contributed by atoms with Gasteiger partial charge in [0, 0.05) is 19.7 Å². The number of nitrogens with one attached hydrogen (secondary N) is 1. The van der Waals surface area contributed by atoms with Crippen LogP contribution in [0.15, 0.2) is 36.4 Å². The lowest BCUT2D eigenvalue weighted by molar-refractivity contribution is -0.155. The van der Waals surface area contributed by atoms with Crippen molar-refractivity contribution in [1.82, 2.24) is 10.4 Å². The number of nitrogens with zero attached hydrogens (tertiary/aromatic N) is 1. The largest absolute Gasteiger partial charge is 0.497 e. The molecule has 0 saturated carbocycles. The van der Waals surface area contributed by atoms with E-state index in [1.165, 1.54) is 12.2 Å². The molecule has 1 aromatic carbocycles. The molecule has 1 rings (SSSR count). The van der Waals surface area contributed by atoms with E-state index in [-0.39, 0.29) is 6.54 Å². The first-order chi connectivity index (χ1) is 17.0. The van der Waals surface area contributed by atoms with Crippen molar-refractivity contribution >= 4 is 12.1 Å². The second-order valence-corrected chi connectivity index (χ2v) is 11.2. The molecule has 0 spiro atoms. The minimum Gasteiger partial charge on any atom is -0.497 e. The zero-order chi connectivity index (χ0) is 28.4. The molecule has 9 heteroatoms. The van der Waals surface area contributed by atoms with Gasteiger partial charge in [-0.3, -0.25) is 0 Å². The maximum atomic E-state index is 12.9. The summed E-state index contributed by atoms with van der Waals surface area (Å²) in [7, 11) is 3.14. The van der Waals surface area contributed by atoms with Crippen molar-refractivity contribution in [3.8, 4) is 5.75 Å². The van der Waals surface area contributed by atoms with Crippen LogP contribution in [-0.4, -0.2) is 65.4 Å². The molecule has 0 aromatic heterocycles. The number of hydroxylamine groups is 2. The molecule has 1 aromatic rings. The van der Waals surface area contributed by atoms with Gasteiger partial charge in [0.2, 0.25) is 0 Å². The van der Waals surface area contributed by atoms with Crippen molar-refractivity contribution in [2.75, 3.05) is 14.2 Å². The van der Waals surface area contributed by atoms with Crippen LogP contribution in [0.25, 0.3) is 0 Å². The molecule has 0 aliphatic heterocycles. The molecule has 0 unspecified atom stereocenters. The molecule has 9 nitrogen and oxygen atoms in total. The van der Waals surface area contributed by atoms with Crippen molar-refractivity contribution in [3.63, 3.8) is 0 Å². The van der Waals surface area contributed by atoms with E-state index in [1.54, 1.807) is 67.9 Å². The first-order valence-corrected chi connectivity index (χ1v) is 12.6. The number of esters is 1. The number of hydrogen-bond acceptors (Lipinski definition) is 8. The quantitative estimate of drug-likeness (QED) is 0.218. The summed E-state index contributed by atoms with van der Waals surface area (Å²) in [6.07, 6.45) is 3.44. The molecule has 0 aliphatic carbocycles. The van der Waals surface area contributed by atoms with Crippen molar-refractivity contribution in [2.45, 2.75) is 104 Å². The molecule has 210 valence electrons. The fraction of sp³-hybridized carbons (Fsp3) is 0.643. The fourth-order valence-electron chi connectivity index (χ4n) is 3.83. The van der Waals surface area contributed by atoms with Crippen LogP contribution in [0.3, 0.4) is 0 Å². The van der Waals surface area contributed by atoms with Gasteiger partial charge in [-0.1, -0.05) is 31.6 Å². The fourth-order valence-corrected chi connectivity index (χ4v) is 3.83. The van der Waals surface area contributed by atoms with Gasteiger partial charge in [-0.15, -0.1) is 0 Å². The molecule has 1 amide bonds. The zero-order valence-corrected chi connectivity index (χ0v) is 24.1. The maximum Gasteiger partial charge on any atom is 0.408 e. The monoisotopic (exact) mass is 522 g/mol. The van der Waals surface area contributed by atoms with Crippen LogP contribution in [0.5, 0.6) is 5.75 Å². The number of hydrogen-bond donors (Lipinski definition) is 2. The highest BCUT2D eigenvalue weighted by Crippen LogP contribution is 2.28. The predicted octanol–water partition coefficient (Wildman–Crippen LogP) is 5.25. The summed E-state index contributed by atoms with van der Waals surface area (Å²) in [4.78, 5) is 25.4. The number of rotatable bonds is 12. The Morgan fingerprint density at radius 1 is 1.00 bits per heavy atom. The van der Waals surface area contributed by atoms with E-state index in [1.807, 2.05) is 26.0 Å². The number of alkyl carbamates (subject to hydrolysis) is 1. The molecule has 0 bridgehead atoms. The van der Waals surface area contributed by atoms with E-state index in [0.29, 0.717) is 12.2 Å². The van der Waals surface area contributed by atoms with Gasteiger partial charge < -0.3 is 29.5 Å². The highest BCUT2D eigenvalue weighted by Gasteiger charge is 2.42. The molecule has 0 aliphatic rings. The molecule has 2 N–H and O–H groups in total. The SMILES string of the molecule is CCC[C@](C)(OC)[C@H](NC(=O)OC(C)(C)C)[C@@H](/C=C\C(=O)OC(C)(C)C)N(O)Cc1ccc(OC)cc1. The summed E-state index contributed by atoms with van der Waals surface area (Å²) in [5, 5.41) is 15.3. The predicted molar refractivity (Wildman–Crippen MR) is 143 cm³/mol. The Balaban J connectivity index is 3.48. The molecular weight excluding hydrogens is 476 g/mol. The van der Waals surface area contributed by atoms with Crippen molar-refractivity contribution in [3.05, 3.63) is 42.0 Å². The second-order valence-electron chi connectivity index (χ2n) is 11.2. The van der Waals surface area contributed by atoms with Crippen LogP contribution in [-0.2, 0) is 25.5 Å². The third-order valence-corrected chi connectivity index (χ3v) is 5.57. The van der Waals surface area contributed by atoms with Crippen molar-refractivity contribution < 1.29 is 33.7 Å². The molecular formula is C28H46N2O7.